The van der Waals surface area contributed by atoms with Gasteiger partial charge in [0.15, 0.2) is 5.78 Å². The van der Waals surface area contributed by atoms with Crippen molar-refractivity contribution in [3.8, 4) is 5.75 Å². The zero-order chi connectivity index (χ0) is 10.0. The van der Waals surface area contributed by atoms with Crippen LogP contribution < -0.4 is 0 Å². The van der Waals surface area contributed by atoms with Crippen molar-refractivity contribution in [3.05, 3.63) is 28.2 Å². The van der Waals surface area contributed by atoms with E-state index >= 15 is 0 Å². The molecule has 0 saturated heterocycles. The summed E-state index contributed by atoms with van der Waals surface area (Å²) in [5.74, 6) is -0.289. The predicted octanol–water partition coefficient (Wildman–Crippen LogP) is 1.72. The lowest BCUT2D eigenvalue weighted by atomic mass is 10.1. The molecule has 70 valence electrons. The smallest absolute Gasteiger partial charge is 0.191 e. The zero-order valence-electron chi connectivity index (χ0n) is 6.99. The summed E-state index contributed by atoms with van der Waals surface area (Å²) >= 11 is 3.08. The van der Waals surface area contributed by atoms with Gasteiger partial charge in [-0.05, 0) is 41.1 Å². The molecule has 0 amide bonds. The number of hydrogen-bond acceptors (Lipinski definition) is 3. The quantitative estimate of drug-likeness (QED) is 0.780. The van der Waals surface area contributed by atoms with Gasteiger partial charge in [-0.25, -0.2) is 0 Å². The highest BCUT2D eigenvalue weighted by molar-refractivity contribution is 9.10. The lowest BCUT2D eigenvalue weighted by molar-refractivity contribution is 0.0779. The van der Waals surface area contributed by atoms with E-state index in [0.29, 0.717) is 10.0 Å². The number of phenolic OH excluding ortho intramolecular Hbond substituents is 1. The number of hydrogen-bond donors (Lipinski definition) is 2. The van der Waals surface area contributed by atoms with Crippen LogP contribution in [0.1, 0.15) is 17.3 Å². The molecule has 0 bridgehead atoms. The molecule has 0 aromatic heterocycles. The van der Waals surface area contributed by atoms with Gasteiger partial charge in [-0.1, -0.05) is 0 Å². The number of carbonyl (C=O) groups is 1. The lowest BCUT2D eigenvalue weighted by Crippen LogP contribution is -2.15. The third-order valence-electron chi connectivity index (χ3n) is 1.61. The second-order valence-electron chi connectivity index (χ2n) is 2.71. The molecule has 0 spiro atoms. The van der Waals surface area contributed by atoms with Crippen LogP contribution >= 0.6 is 15.9 Å². The Morgan fingerprint density at radius 2 is 2.15 bits per heavy atom. The highest BCUT2D eigenvalue weighted by atomic mass is 79.9. The van der Waals surface area contributed by atoms with E-state index < -0.39 is 6.10 Å². The molecule has 2 N–H and O–H groups in total. The molecule has 0 fully saturated rings. The maximum Gasteiger partial charge on any atom is 0.191 e. The number of phenols is 1. The lowest BCUT2D eigenvalue weighted by Gasteiger charge is -2.04. The number of aromatic hydroxyl groups is 1. The Hall–Kier alpha value is -0.870. The Morgan fingerprint density at radius 3 is 2.62 bits per heavy atom. The minimum absolute atomic E-state index is 0.0714. The molecule has 3 nitrogen and oxygen atoms in total. The molecule has 0 radical (unpaired) electrons. The van der Waals surface area contributed by atoms with Crippen molar-refractivity contribution >= 4 is 21.7 Å². The first-order valence-corrected chi connectivity index (χ1v) is 4.52. The molecule has 13 heavy (non-hydrogen) atoms. The molecule has 0 unspecified atom stereocenters. The first kappa shape index (κ1) is 10.2. The Balaban J connectivity index is 3.04. The third kappa shape index (κ3) is 2.29. The second-order valence-corrected chi connectivity index (χ2v) is 3.56. The van der Waals surface area contributed by atoms with Crippen molar-refractivity contribution in [2.45, 2.75) is 13.0 Å². The van der Waals surface area contributed by atoms with Crippen molar-refractivity contribution in [1.29, 1.82) is 0 Å². The van der Waals surface area contributed by atoms with E-state index in [1.54, 1.807) is 0 Å². The summed E-state index contributed by atoms with van der Waals surface area (Å²) in [6, 6.07) is 4.35. The van der Waals surface area contributed by atoms with Crippen molar-refractivity contribution in [2.75, 3.05) is 0 Å². The summed E-state index contributed by atoms with van der Waals surface area (Å²) in [6.45, 7) is 1.41. The van der Waals surface area contributed by atoms with Crippen LogP contribution in [0.3, 0.4) is 0 Å². The number of aliphatic hydroxyl groups is 1. The van der Waals surface area contributed by atoms with E-state index in [-0.39, 0.29) is 11.5 Å². The van der Waals surface area contributed by atoms with Gasteiger partial charge in [-0.2, -0.15) is 0 Å². The molecule has 0 aliphatic carbocycles. The Bertz CT molecular complexity index is 334. The van der Waals surface area contributed by atoms with Crippen molar-refractivity contribution in [1.82, 2.24) is 0 Å². The van der Waals surface area contributed by atoms with Crippen LogP contribution in [0.5, 0.6) is 5.75 Å². The molecule has 0 aliphatic heterocycles. The van der Waals surface area contributed by atoms with E-state index in [0.717, 1.165) is 0 Å². The molecule has 4 heteroatoms. The Kier molecular flexibility index (Phi) is 3.06. The van der Waals surface area contributed by atoms with Gasteiger partial charge in [-0.15, -0.1) is 0 Å². The number of carbonyl (C=O) groups excluding carboxylic acids is 1. The van der Waals surface area contributed by atoms with E-state index in [1.165, 1.54) is 25.1 Å². The van der Waals surface area contributed by atoms with Crippen LogP contribution in [0.25, 0.3) is 0 Å². The summed E-state index contributed by atoms with van der Waals surface area (Å²) in [7, 11) is 0. The van der Waals surface area contributed by atoms with Gasteiger partial charge in [0.05, 0.1) is 4.47 Å². The van der Waals surface area contributed by atoms with E-state index in [2.05, 4.69) is 15.9 Å². The topological polar surface area (TPSA) is 57.5 Å². The van der Waals surface area contributed by atoms with Crippen LogP contribution in [0, 0.1) is 0 Å². The fourth-order valence-electron chi connectivity index (χ4n) is 0.901. The molecule has 0 heterocycles. The number of ketones is 1. The molecule has 0 aliphatic rings. The monoisotopic (exact) mass is 244 g/mol. The van der Waals surface area contributed by atoms with Crippen LogP contribution in [-0.4, -0.2) is 22.1 Å². The molecule has 1 rings (SSSR count). The van der Waals surface area contributed by atoms with E-state index in [4.69, 9.17) is 10.2 Å². The summed E-state index contributed by atoms with van der Waals surface area (Å²) in [5.41, 5.74) is 0.375. The van der Waals surface area contributed by atoms with Gasteiger partial charge in [0.25, 0.3) is 0 Å². The fourth-order valence-corrected chi connectivity index (χ4v) is 1.28. The predicted molar refractivity (Wildman–Crippen MR) is 51.8 cm³/mol. The summed E-state index contributed by atoms with van der Waals surface area (Å²) in [4.78, 5) is 11.3. The first-order chi connectivity index (χ1) is 6.02. The summed E-state index contributed by atoms with van der Waals surface area (Å²) in [5, 5.41) is 18.2. The van der Waals surface area contributed by atoms with Crippen molar-refractivity contribution < 1.29 is 15.0 Å². The molecule has 1 atom stereocenters. The van der Waals surface area contributed by atoms with E-state index in [1.807, 2.05) is 0 Å². The maximum atomic E-state index is 11.3. The Morgan fingerprint density at radius 1 is 1.54 bits per heavy atom. The van der Waals surface area contributed by atoms with Gasteiger partial charge >= 0.3 is 0 Å². The van der Waals surface area contributed by atoms with Crippen LogP contribution in [0.2, 0.25) is 0 Å². The fraction of sp³-hybridized carbons (Fsp3) is 0.222. The number of aliphatic hydroxyl groups excluding tert-OH is 1. The summed E-state index contributed by atoms with van der Waals surface area (Å²) < 4.78 is 0.444. The van der Waals surface area contributed by atoms with Crippen LogP contribution in [-0.2, 0) is 0 Å². The van der Waals surface area contributed by atoms with Crippen LogP contribution in [0.15, 0.2) is 22.7 Å². The normalized spacial score (nSPS) is 12.5. The van der Waals surface area contributed by atoms with Crippen molar-refractivity contribution in [3.63, 3.8) is 0 Å². The standard InChI is InChI=1S/C9H9BrO3/c1-5(11)9(13)6-2-3-8(12)7(10)4-6/h2-5,11-12H,1H3/t5-/m0/s1. The van der Waals surface area contributed by atoms with Crippen molar-refractivity contribution in [2.24, 2.45) is 0 Å². The average Bonchev–Trinajstić information content (AvgIpc) is 2.08. The molecule has 1 aromatic carbocycles. The van der Waals surface area contributed by atoms with Gasteiger partial charge in [0.1, 0.15) is 11.9 Å². The third-order valence-corrected chi connectivity index (χ3v) is 2.25. The number of benzene rings is 1. The molecule has 1 aromatic rings. The van der Waals surface area contributed by atoms with E-state index in [9.17, 15) is 4.79 Å². The SMILES string of the molecule is C[C@H](O)C(=O)c1ccc(O)c(Br)c1. The number of Topliss-reactive ketones (excluding diaryl/α,β-unsaturated/α-hetero) is 1. The zero-order valence-corrected chi connectivity index (χ0v) is 8.58. The highest BCUT2D eigenvalue weighted by Crippen LogP contribution is 2.24. The minimum atomic E-state index is -1.02. The van der Waals surface area contributed by atoms with Gasteiger partial charge < -0.3 is 10.2 Å². The molecule has 0 saturated carbocycles. The number of rotatable bonds is 2. The first-order valence-electron chi connectivity index (χ1n) is 3.73. The van der Waals surface area contributed by atoms with Crippen LogP contribution in [0.4, 0.5) is 0 Å². The Labute approximate surface area is 84.1 Å². The minimum Gasteiger partial charge on any atom is -0.507 e. The van der Waals surface area contributed by atoms with Gasteiger partial charge in [0, 0.05) is 5.56 Å². The maximum absolute atomic E-state index is 11.3. The highest BCUT2D eigenvalue weighted by Gasteiger charge is 2.12. The average molecular weight is 245 g/mol. The largest absolute Gasteiger partial charge is 0.507 e. The molecular formula is C9H9BrO3. The molecular weight excluding hydrogens is 236 g/mol. The summed E-state index contributed by atoms with van der Waals surface area (Å²) in [6.07, 6.45) is -1.02. The van der Waals surface area contributed by atoms with Gasteiger partial charge in [0.2, 0.25) is 0 Å². The second kappa shape index (κ2) is 3.89. The number of halogens is 1. The van der Waals surface area contributed by atoms with Gasteiger partial charge in [-0.3, -0.25) is 4.79 Å².